The number of nitrogens with one attached hydrogen (secondary N) is 1. The predicted molar refractivity (Wildman–Crippen MR) is 54.3 cm³/mol. The minimum absolute atomic E-state index is 0.0608. The SMILES string of the molecule is CC1C(=O)NC(C)(C)C1C(C)(C)C. The highest BCUT2D eigenvalue weighted by molar-refractivity contribution is 5.82. The number of amides is 1. The first-order chi connectivity index (χ1) is 5.66. The summed E-state index contributed by atoms with van der Waals surface area (Å²) in [6.07, 6.45) is 0. The van der Waals surface area contributed by atoms with Crippen LogP contribution in [0.2, 0.25) is 0 Å². The van der Waals surface area contributed by atoms with E-state index < -0.39 is 0 Å². The molecule has 1 rings (SSSR count). The first-order valence-corrected chi connectivity index (χ1v) is 4.98. The third-order valence-corrected chi connectivity index (χ3v) is 3.07. The molecule has 0 aromatic heterocycles. The number of carbonyl (C=O) groups excluding carboxylic acids is 1. The maximum Gasteiger partial charge on any atom is 0.223 e. The summed E-state index contributed by atoms with van der Waals surface area (Å²) in [6, 6.07) is 0. The Morgan fingerprint density at radius 2 is 1.77 bits per heavy atom. The molecule has 0 aliphatic carbocycles. The molecule has 2 unspecified atom stereocenters. The second-order valence-corrected chi connectivity index (χ2v) is 5.84. The van der Waals surface area contributed by atoms with Gasteiger partial charge in [0.2, 0.25) is 5.91 Å². The van der Waals surface area contributed by atoms with Gasteiger partial charge in [-0.2, -0.15) is 0 Å². The van der Waals surface area contributed by atoms with E-state index in [-0.39, 0.29) is 22.8 Å². The van der Waals surface area contributed by atoms with Gasteiger partial charge in [-0.15, -0.1) is 0 Å². The van der Waals surface area contributed by atoms with Crippen molar-refractivity contribution >= 4 is 5.91 Å². The van der Waals surface area contributed by atoms with Gasteiger partial charge < -0.3 is 5.32 Å². The number of hydrogen-bond acceptors (Lipinski definition) is 1. The third kappa shape index (κ3) is 1.72. The number of carbonyl (C=O) groups is 1. The molecule has 1 fully saturated rings. The minimum atomic E-state index is -0.0608. The summed E-state index contributed by atoms with van der Waals surface area (Å²) >= 11 is 0. The molecule has 0 aromatic rings. The Labute approximate surface area is 81.1 Å². The molecule has 1 aliphatic rings. The van der Waals surface area contributed by atoms with Gasteiger partial charge in [0.25, 0.3) is 0 Å². The summed E-state index contributed by atoms with van der Waals surface area (Å²) in [5.41, 5.74) is 0.122. The summed E-state index contributed by atoms with van der Waals surface area (Å²) < 4.78 is 0. The van der Waals surface area contributed by atoms with Crippen molar-refractivity contribution in [2.75, 3.05) is 0 Å². The van der Waals surface area contributed by atoms with Gasteiger partial charge in [-0.25, -0.2) is 0 Å². The van der Waals surface area contributed by atoms with E-state index in [9.17, 15) is 4.79 Å². The molecule has 1 aliphatic heterocycles. The average molecular weight is 183 g/mol. The van der Waals surface area contributed by atoms with E-state index in [4.69, 9.17) is 0 Å². The van der Waals surface area contributed by atoms with Crippen molar-refractivity contribution in [2.45, 2.75) is 47.1 Å². The van der Waals surface area contributed by atoms with E-state index in [0.717, 1.165) is 0 Å². The molecule has 1 heterocycles. The van der Waals surface area contributed by atoms with Crippen LogP contribution in [-0.4, -0.2) is 11.4 Å². The highest BCUT2D eigenvalue weighted by Crippen LogP contribution is 2.43. The zero-order valence-electron chi connectivity index (χ0n) is 9.56. The van der Waals surface area contributed by atoms with Crippen LogP contribution < -0.4 is 5.32 Å². The molecule has 0 saturated carbocycles. The molecule has 0 aromatic carbocycles. The van der Waals surface area contributed by atoms with Crippen LogP contribution in [0.25, 0.3) is 0 Å². The first kappa shape index (κ1) is 10.6. The normalized spacial score (nSPS) is 33.2. The topological polar surface area (TPSA) is 29.1 Å². The van der Waals surface area contributed by atoms with Crippen LogP contribution in [0, 0.1) is 17.3 Å². The highest BCUT2D eigenvalue weighted by atomic mass is 16.2. The molecule has 0 radical (unpaired) electrons. The molecule has 1 N–H and O–H groups in total. The maximum atomic E-state index is 11.5. The first-order valence-electron chi connectivity index (χ1n) is 4.98. The van der Waals surface area contributed by atoms with E-state index in [2.05, 4.69) is 39.9 Å². The Balaban J connectivity index is 3.01. The summed E-state index contributed by atoms with van der Waals surface area (Å²) in [5, 5.41) is 3.06. The van der Waals surface area contributed by atoms with Crippen molar-refractivity contribution in [3.05, 3.63) is 0 Å². The van der Waals surface area contributed by atoms with Crippen LogP contribution in [-0.2, 0) is 4.79 Å². The molecule has 2 heteroatoms. The molecule has 0 bridgehead atoms. The lowest BCUT2D eigenvalue weighted by Crippen LogP contribution is -2.44. The van der Waals surface area contributed by atoms with E-state index in [0.29, 0.717) is 5.92 Å². The Morgan fingerprint density at radius 3 is 1.92 bits per heavy atom. The van der Waals surface area contributed by atoms with Gasteiger partial charge >= 0.3 is 0 Å². The monoisotopic (exact) mass is 183 g/mol. The second-order valence-electron chi connectivity index (χ2n) is 5.84. The van der Waals surface area contributed by atoms with E-state index in [1.54, 1.807) is 0 Å². The standard InChI is InChI=1S/C11H21NO/c1-7-8(10(2,3)4)11(5,6)12-9(7)13/h7-8H,1-6H3,(H,12,13). The van der Waals surface area contributed by atoms with E-state index >= 15 is 0 Å². The highest BCUT2D eigenvalue weighted by Gasteiger charge is 2.50. The van der Waals surface area contributed by atoms with Crippen molar-refractivity contribution in [2.24, 2.45) is 17.3 Å². The lowest BCUT2D eigenvalue weighted by atomic mass is 9.67. The quantitative estimate of drug-likeness (QED) is 0.613. The number of hydrogen-bond donors (Lipinski definition) is 1. The van der Waals surface area contributed by atoms with Crippen molar-refractivity contribution in [3.8, 4) is 0 Å². The fraction of sp³-hybridized carbons (Fsp3) is 0.909. The molecule has 13 heavy (non-hydrogen) atoms. The van der Waals surface area contributed by atoms with Crippen molar-refractivity contribution in [1.29, 1.82) is 0 Å². The smallest absolute Gasteiger partial charge is 0.223 e. The molecule has 1 amide bonds. The lowest BCUT2D eigenvalue weighted by molar-refractivity contribution is -0.123. The number of rotatable bonds is 0. The molecule has 1 saturated heterocycles. The van der Waals surface area contributed by atoms with Crippen LogP contribution in [0.5, 0.6) is 0 Å². The molecular weight excluding hydrogens is 162 g/mol. The third-order valence-electron chi connectivity index (χ3n) is 3.07. The van der Waals surface area contributed by atoms with Gasteiger partial charge in [0.05, 0.1) is 0 Å². The minimum Gasteiger partial charge on any atom is -0.351 e. The maximum absolute atomic E-state index is 11.5. The van der Waals surface area contributed by atoms with Gasteiger partial charge in [-0.3, -0.25) is 4.79 Å². The van der Waals surface area contributed by atoms with Crippen LogP contribution in [0.3, 0.4) is 0 Å². The molecule has 2 atom stereocenters. The lowest BCUT2D eigenvalue weighted by Gasteiger charge is -2.38. The van der Waals surface area contributed by atoms with Crippen LogP contribution >= 0.6 is 0 Å². The van der Waals surface area contributed by atoms with Crippen molar-refractivity contribution in [1.82, 2.24) is 5.32 Å². The zero-order chi connectivity index (χ0) is 10.4. The van der Waals surface area contributed by atoms with Crippen molar-refractivity contribution in [3.63, 3.8) is 0 Å². The summed E-state index contributed by atoms with van der Waals surface area (Å²) in [4.78, 5) is 11.5. The van der Waals surface area contributed by atoms with Gasteiger partial charge in [0.15, 0.2) is 0 Å². The average Bonchev–Trinajstić information content (AvgIpc) is 1.99. The molecule has 76 valence electrons. The van der Waals surface area contributed by atoms with Gasteiger partial charge in [-0.1, -0.05) is 27.7 Å². The van der Waals surface area contributed by atoms with Gasteiger partial charge in [-0.05, 0) is 25.2 Å². The largest absolute Gasteiger partial charge is 0.351 e. The van der Waals surface area contributed by atoms with Gasteiger partial charge in [0.1, 0.15) is 0 Å². The summed E-state index contributed by atoms with van der Waals surface area (Å²) in [6.45, 7) is 12.9. The van der Waals surface area contributed by atoms with Gasteiger partial charge in [0, 0.05) is 11.5 Å². The fourth-order valence-electron chi connectivity index (χ4n) is 3.12. The summed E-state index contributed by atoms with van der Waals surface area (Å²) in [7, 11) is 0. The van der Waals surface area contributed by atoms with Crippen molar-refractivity contribution < 1.29 is 4.79 Å². The molecule has 2 nitrogen and oxygen atoms in total. The van der Waals surface area contributed by atoms with Crippen LogP contribution in [0.15, 0.2) is 0 Å². The molecular formula is C11H21NO. The van der Waals surface area contributed by atoms with E-state index in [1.165, 1.54) is 0 Å². The summed E-state index contributed by atoms with van der Waals surface area (Å²) in [5.74, 6) is 0.743. The van der Waals surface area contributed by atoms with E-state index in [1.807, 2.05) is 6.92 Å². The molecule has 0 spiro atoms. The Bertz CT molecular complexity index is 225. The predicted octanol–water partition coefficient (Wildman–Crippen LogP) is 2.19. The van der Waals surface area contributed by atoms with Crippen LogP contribution in [0.4, 0.5) is 0 Å². The zero-order valence-corrected chi connectivity index (χ0v) is 9.56. The Hall–Kier alpha value is -0.530. The fourth-order valence-corrected chi connectivity index (χ4v) is 3.12. The Kier molecular flexibility index (Phi) is 2.21. The Morgan fingerprint density at radius 1 is 1.31 bits per heavy atom. The van der Waals surface area contributed by atoms with Crippen LogP contribution in [0.1, 0.15) is 41.5 Å². The second kappa shape index (κ2) is 2.73.